The van der Waals surface area contributed by atoms with Crippen LogP contribution in [0.15, 0.2) is 12.1 Å². The highest BCUT2D eigenvalue weighted by Crippen LogP contribution is 2.21. The van der Waals surface area contributed by atoms with Crippen molar-refractivity contribution in [2.24, 2.45) is 5.92 Å². The third-order valence-electron chi connectivity index (χ3n) is 4.81. The maximum atomic E-state index is 12.1. The summed E-state index contributed by atoms with van der Waals surface area (Å²) in [5.41, 5.74) is 4.03. The van der Waals surface area contributed by atoms with Gasteiger partial charge in [-0.3, -0.25) is 4.79 Å². The molecule has 0 radical (unpaired) electrons. The molecule has 1 atom stereocenters. The molecule has 3 amide bonds. The van der Waals surface area contributed by atoms with Gasteiger partial charge in [-0.2, -0.15) is 0 Å². The van der Waals surface area contributed by atoms with Crippen LogP contribution in [0.3, 0.4) is 0 Å². The Morgan fingerprint density at radius 2 is 1.85 bits per heavy atom. The average molecular weight is 361 g/mol. The van der Waals surface area contributed by atoms with Gasteiger partial charge in [0.15, 0.2) is 0 Å². The normalized spacial score (nSPS) is 17.6. The summed E-state index contributed by atoms with van der Waals surface area (Å²) in [6, 6.07) is 3.76. The van der Waals surface area contributed by atoms with Crippen LogP contribution in [0.2, 0.25) is 0 Å². The van der Waals surface area contributed by atoms with Crippen LogP contribution in [-0.2, 0) is 4.79 Å². The van der Waals surface area contributed by atoms with E-state index in [4.69, 9.17) is 0 Å². The van der Waals surface area contributed by atoms with Gasteiger partial charge in [-0.05, 0) is 57.2 Å². The predicted molar refractivity (Wildman–Crippen MR) is 106 cm³/mol. The number of aryl methyl sites for hydroxylation is 3. The number of nitrogens with one attached hydrogen (secondary N) is 3. The van der Waals surface area contributed by atoms with Crippen molar-refractivity contribution < 1.29 is 9.59 Å². The van der Waals surface area contributed by atoms with E-state index in [0.29, 0.717) is 6.54 Å². The van der Waals surface area contributed by atoms with E-state index in [1.807, 2.05) is 32.9 Å². The largest absolute Gasteiger partial charge is 0.337 e. The summed E-state index contributed by atoms with van der Waals surface area (Å²) in [7, 11) is 0. The number of hydrogen-bond acceptors (Lipinski definition) is 3. The summed E-state index contributed by atoms with van der Waals surface area (Å²) in [6.45, 7) is 11.8. The zero-order valence-electron chi connectivity index (χ0n) is 16.4. The zero-order chi connectivity index (χ0) is 19.1. The number of urea groups is 1. The highest BCUT2D eigenvalue weighted by Gasteiger charge is 2.16. The maximum absolute atomic E-state index is 12.1. The van der Waals surface area contributed by atoms with Crippen molar-refractivity contribution in [1.29, 1.82) is 0 Å². The van der Waals surface area contributed by atoms with Gasteiger partial charge < -0.3 is 20.9 Å². The lowest BCUT2D eigenvalue weighted by molar-refractivity contribution is -0.115. The lowest BCUT2D eigenvalue weighted by Gasteiger charge is -2.30. The lowest BCUT2D eigenvalue weighted by atomic mass is 10.0. The van der Waals surface area contributed by atoms with Gasteiger partial charge in [0.1, 0.15) is 0 Å². The second-order valence-corrected chi connectivity index (χ2v) is 7.48. The molecule has 1 aliphatic rings. The summed E-state index contributed by atoms with van der Waals surface area (Å²) < 4.78 is 0. The summed E-state index contributed by atoms with van der Waals surface area (Å²) in [5.74, 6) is 0.509. The fourth-order valence-corrected chi connectivity index (χ4v) is 3.60. The minimum absolute atomic E-state index is 0.0423. The van der Waals surface area contributed by atoms with Gasteiger partial charge in [0.2, 0.25) is 5.91 Å². The summed E-state index contributed by atoms with van der Waals surface area (Å²) in [6.07, 6.45) is 2.52. The highest BCUT2D eigenvalue weighted by molar-refractivity contribution is 5.95. The molecule has 144 valence electrons. The number of nitrogens with zero attached hydrogens (tertiary/aromatic N) is 1. The predicted octanol–water partition coefficient (Wildman–Crippen LogP) is 2.58. The molecular weight excluding hydrogens is 328 g/mol. The van der Waals surface area contributed by atoms with E-state index in [1.54, 1.807) is 0 Å². The number of hydrogen-bond donors (Lipinski definition) is 3. The summed E-state index contributed by atoms with van der Waals surface area (Å²) in [5, 5.41) is 8.33. The molecule has 1 saturated heterocycles. The third kappa shape index (κ3) is 6.33. The van der Waals surface area contributed by atoms with E-state index in [0.717, 1.165) is 42.4 Å². The Bertz CT molecular complexity index is 622. The SMILES string of the molecule is Cc1cc(C)c(NC(=O)CNC(=O)NCCN2CCCC(C)C2)c(C)c1. The molecule has 0 aromatic heterocycles. The molecule has 1 aromatic rings. The number of benzene rings is 1. The molecule has 1 aliphatic heterocycles. The topological polar surface area (TPSA) is 73.5 Å². The number of amides is 3. The molecule has 1 aromatic carbocycles. The van der Waals surface area contributed by atoms with E-state index in [2.05, 4.69) is 27.8 Å². The van der Waals surface area contributed by atoms with Crippen molar-refractivity contribution >= 4 is 17.6 Å². The second kappa shape index (κ2) is 9.57. The molecule has 1 fully saturated rings. The molecule has 0 aliphatic carbocycles. The fraction of sp³-hybridized carbons (Fsp3) is 0.600. The first-order chi connectivity index (χ1) is 12.3. The van der Waals surface area contributed by atoms with E-state index < -0.39 is 0 Å². The van der Waals surface area contributed by atoms with E-state index in [1.165, 1.54) is 18.4 Å². The minimum Gasteiger partial charge on any atom is -0.337 e. The zero-order valence-corrected chi connectivity index (χ0v) is 16.4. The molecule has 1 unspecified atom stereocenters. The quantitative estimate of drug-likeness (QED) is 0.730. The second-order valence-electron chi connectivity index (χ2n) is 7.48. The molecule has 3 N–H and O–H groups in total. The van der Waals surface area contributed by atoms with Crippen molar-refractivity contribution in [3.63, 3.8) is 0 Å². The molecule has 2 rings (SSSR count). The van der Waals surface area contributed by atoms with Gasteiger partial charge in [-0.15, -0.1) is 0 Å². The van der Waals surface area contributed by atoms with Crippen LogP contribution in [0.1, 0.15) is 36.5 Å². The van der Waals surface area contributed by atoms with Gasteiger partial charge in [0.05, 0.1) is 6.54 Å². The Balaban J connectivity index is 1.68. The number of rotatable bonds is 6. The Morgan fingerprint density at radius 1 is 1.15 bits per heavy atom. The van der Waals surface area contributed by atoms with Crippen LogP contribution >= 0.6 is 0 Å². The van der Waals surface area contributed by atoms with E-state index in [9.17, 15) is 9.59 Å². The Morgan fingerprint density at radius 3 is 2.50 bits per heavy atom. The van der Waals surface area contributed by atoms with Gasteiger partial charge in [0, 0.05) is 25.3 Å². The Labute approximate surface area is 156 Å². The smallest absolute Gasteiger partial charge is 0.315 e. The van der Waals surface area contributed by atoms with Crippen molar-refractivity contribution in [3.05, 3.63) is 28.8 Å². The van der Waals surface area contributed by atoms with Crippen LogP contribution in [0.4, 0.5) is 10.5 Å². The number of carbonyl (C=O) groups is 2. The number of likely N-dealkylation sites (tertiary alicyclic amines) is 1. The first-order valence-electron chi connectivity index (χ1n) is 9.47. The molecule has 6 heteroatoms. The van der Waals surface area contributed by atoms with Crippen molar-refractivity contribution in [2.75, 3.05) is 38.0 Å². The average Bonchev–Trinajstić information content (AvgIpc) is 2.56. The lowest BCUT2D eigenvalue weighted by Crippen LogP contribution is -2.44. The molecule has 0 bridgehead atoms. The van der Waals surface area contributed by atoms with Crippen LogP contribution in [0.5, 0.6) is 0 Å². The standard InChI is InChI=1S/C20H32N4O2/c1-14-6-5-8-24(13-14)9-7-21-20(26)22-12-18(25)23-19-16(3)10-15(2)11-17(19)4/h10-11,14H,5-9,12-13H2,1-4H3,(H,23,25)(H2,21,22,26). The molecule has 26 heavy (non-hydrogen) atoms. The summed E-state index contributed by atoms with van der Waals surface area (Å²) in [4.78, 5) is 26.3. The van der Waals surface area contributed by atoms with Crippen molar-refractivity contribution in [1.82, 2.24) is 15.5 Å². The Hall–Kier alpha value is -2.08. The number of carbonyl (C=O) groups excluding carboxylic acids is 2. The van der Waals surface area contributed by atoms with Crippen LogP contribution in [0.25, 0.3) is 0 Å². The van der Waals surface area contributed by atoms with Crippen LogP contribution < -0.4 is 16.0 Å². The fourth-order valence-electron chi connectivity index (χ4n) is 3.60. The van der Waals surface area contributed by atoms with E-state index >= 15 is 0 Å². The van der Waals surface area contributed by atoms with Gasteiger partial charge in [0.25, 0.3) is 0 Å². The number of piperidine rings is 1. The first-order valence-corrected chi connectivity index (χ1v) is 9.47. The van der Waals surface area contributed by atoms with Gasteiger partial charge in [-0.25, -0.2) is 4.79 Å². The monoisotopic (exact) mass is 360 g/mol. The molecule has 0 saturated carbocycles. The van der Waals surface area contributed by atoms with Crippen molar-refractivity contribution in [3.8, 4) is 0 Å². The van der Waals surface area contributed by atoms with Crippen molar-refractivity contribution in [2.45, 2.75) is 40.5 Å². The first kappa shape index (κ1) is 20.2. The molecular formula is C20H32N4O2. The molecule has 6 nitrogen and oxygen atoms in total. The van der Waals surface area contributed by atoms with Crippen LogP contribution in [0, 0.1) is 26.7 Å². The third-order valence-corrected chi connectivity index (χ3v) is 4.81. The number of anilines is 1. The highest BCUT2D eigenvalue weighted by atomic mass is 16.2. The van der Waals surface area contributed by atoms with Gasteiger partial charge >= 0.3 is 6.03 Å². The maximum Gasteiger partial charge on any atom is 0.315 e. The Kier molecular flexibility index (Phi) is 7.45. The molecule has 0 spiro atoms. The molecule has 1 heterocycles. The van der Waals surface area contributed by atoms with E-state index in [-0.39, 0.29) is 18.5 Å². The summed E-state index contributed by atoms with van der Waals surface area (Å²) >= 11 is 0. The van der Waals surface area contributed by atoms with Crippen LogP contribution in [-0.4, -0.2) is 49.6 Å². The van der Waals surface area contributed by atoms with Gasteiger partial charge in [-0.1, -0.05) is 24.6 Å². The minimum atomic E-state index is -0.303.